The summed E-state index contributed by atoms with van der Waals surface area (Å²) in [6, 6.07) is -0.618. The van der Waals surface area contributed by atoms with Crippen LogP contribution >= 0.6 is 0 Å². The third kappa shape index (κ3) is 7.61. The van der Waals surface area contributed by atoms with Gasteiger partial charge in [0.05, 0.1) is 12.6 Å². The summed E-state index contributed by atoms with van der Waals surface area (Å²) in [5.41, 5.74) is 10.6. The van der Waals surface area contributed by atoms with E-state index in [1.54, 1.807) is 0 Å². The van der Waals surface area contributed by atoms with E-state index in [-0.39, 0.29) is 30.7 Å². The molecule has 104 valence electrons. The molecule has 0 aromatic heterocycles. The van der Waals surface area contributed by atoms with Gasteiger partial charge in [-0.05, 0) is 12.3 Å². The minimum atomic E-state index is -0.618. The Hall–Kier alpha value is -1.63. The number of nitrogens with two attached hydrogens (primary N) is 2. The van der Waals surface area contributed by atoms with Crippen molar-refractivity contribution in [2.45, 2.75) is 32.7 Å². The molecule has 6 N–H and O–H groups in total. The molecule has 0 radical (unpaired) electrons. The third-order valence-electron chi connectivity index (χ3n) is 2.37. The molecule has 0 aliphatic heterocycles. The highest BCUT2D eigenvalue weighted by Crippen LogP contribution is 1.97. The van der Waals surface area contributed by atoms with E-state index in [1.807, 2.05) is 13.8 Å². The second-order valence-electron chi connectivity index (χ2n) is 4.41. The molecule has 0 aromatic rings. The number of hydrogen-bond acceptors (Lipinski definition) is 4. The van der Waals surface area contributed by atoms with Gasteiger partial charge in [-0.15, -0.1) is 0 Å². The predicted molar refractivity (Wildman–Crippen MR) is 67.3 cm³/mol. The summed E-state index contributed by atoms with van der Waals surface area (Å²) in [6.07, 6.45) is 0.714. The van der Waals surface area contributed by atoms with Crippen LogP contribution in [0, 0.1) is 5.92 Å². The van der Waals surface area contributed by atoms with Gasteiger partial charge in [0.2, 0.25) is 17.7 Å². The van der Waals surface area contributed by atoms with Crippen LogP contribution in [-0.2, 0) is 14.4 Å². The molecular weight excluding hydrogens is 236 g/mol. The monoisotopic (exact) mass is 258 g/mol. The quantitative estimate of drug-likeness (QED) is 0.394. The van der Waals surface area contributed by atoms with Gasteiger partial charge in [0.1, 0.15) is 0 Å². The maximum Gasteiger partial charge on any atom is 0.239 e. The lowest BCUT2D eigenvalue weighted by atomic mass is 10.1. The van der Waals surface area contributed by atoms with Crippen molar-refractivity contribution in [3.8, 4) is 0 Å². The zero-order valence-corrected chi connectivity index (χ0v) is 10.9. The first-order valence-electron chi connectivity index (χ1n) is 5.93. The van der Waals surface area contributed by atoms with Gasteiger partial charge >= 0.3 is 0 Å². The Labute approximate surface area is 107 Å². The first-order valence-corrected chi connectivity index (χ1v) is 5.93. The molecule has 1 atom stereocenters. The summed E-state index contributed by atoms with van der Waals surface area (Å²) in [7, 11) is 0. The highest BCUT2D eigenvalue weighted by atomic mass is 16.2. The van der Waals surface area contributed by atoms with Crippen molar-refractivity contribution in [2.75, 3.05) is 13.1 Å². The van der Waals surface area contributed by atoms with Crippen LogP contribution in [0.2, 0.25) is 0 Å². The average Bonchev–Trinajstić information content (AvgIpc) is 2.30. The Bertz CT molecular complexity index is 305. The normalized spacial score (nSPS) is 12.0. The van der Waals surface area contributed by atoms with E-state index in [4.69, 9.17) is 11.5 Å². The van der Waals surface area contributed by atoms with E-state index in [0.717, 1.165) is 0 Å². The summed E-state index contributed by atoms with van der Waals surface area (Å²) in [6.45, 7) is 3.89. The molecule has 0 spiro atoms. The van der Waals surface area contributed by atoms with Crippen molar-refractivity contribution < 1.29 is 14.4 Å². The zero-order valence-electron chi connectivity index (χ0n) is 10.9. The molecule has 0 heterocycles. The summed E-state index contributed by atoms with van der Waals surface area (Å²) in [4.78, 5) is 33.2. The number of carbonyl (C=O) groups excluding carboxylic acids is 3. The van der Waals surface area contributed by atoms with Gasteiger partial charge in [-0.3, -0.25) is 14.4 Å². The highest BCUT2D eigenvalue weighted by molar-refractivity contribution is 5.87. The van der Waals surface area contributed by atoms with Gasteiger partial charge in [-0.25, -0.2) is 0 Å². The van der Waals surface area contributed by atoms with Gasteiger partial charge < -0.3 is 22.1 Å². The van der Waals surface area contributed by atoms with Crippen LogP contribution in [0.3, 0.4) is 0 Å². The Morgan fingerprint density at radius 1 is 1.17 bits per heavy atom. The maximum absolute atomic E-state index is 11.4. The molecule has 7 nitrogen and oxygen atoms in total. The number of primary amides is 1. The first-order chi connectivity index (χ1) is 8.34. The molecule has 3 amide bonds. The Morgan fingerprint density at radius 3 is 2.28 bits per heavy atom. The molecular formula is C11H22N4O3. The second-order valence-corrected chi connectivity index (χ2v) is 4.41. The van der Waals surface area contributed by atoms with Gasteiger partial charge in [0.25, 0.3) is 0 Å². The predicted octanol–water partition coefficient (Wildman–Crippen LogP) is -1.53. The lowest BCUT2D eigenvalue weighted by Gasteiger charge is -2.15. The molecule has 0 bridgehead atoms. The fraction of sp³-hybridized carbons (Fsp3) is 0.727. The van der Waals surface area contributed by atoms with Crippen molar-refractivity contribution >= 4 is 17.7 Å². The summed E-state index contributed by atoms with van der Waals surface area (Å²) < 4.78 is 0. The van der Waals surface area contributed by atoms with Crippen molar-refractivity contribution in [3.05, 3.63) is 0 Å². The minimum Gasteiger partial charge on any atom is -0.370 e. The van der Waals surface area contributed by atoms with Crippen molar-refractivity contribution in [1.82, 2.24) is 10.6 Å². The van der Waals surface area contributed by atoms with E-state index in [2.05, 4.69) is 10.6 Å². The average molecular weight is 258 g/mol. The molecule has 0 aliphatic carbocycles. The lowest BCUT2D eigenvalue weighted by Crippen LogP contribution is -2.47. The number of carbonyl (C=O) groups is 3. The molecule has 0 fully saturated rings. The van der Waals surface area contributed by atoms with Gasteiger partial charge in [-0.1, -0.05) is 13.8 Å². The van der Waals surface area contributed by atoms with Crippen LogP contribution in [0.15, 0.2) is 0 Å². The molecule has 7 heteroatoms. The van der Waals surface area contributed by atoms with Crippen molar-refractivity contribution in [3.63, 3.8) is 0 Å². The van der Waals surface area contributed by atoms with E-state index < -0.39 is 11.9 Å². The number of hydrogen-bond donors (Lipinski definition) is 4. The smallest absolute Gasteiger partial charge is 0.239 e. The highest BCUT2D eigenvalue weighted by Gasteiger charge is 2.17. The largest absolute Gasteiger partial charge is 0.370 e. The SMILES string of the molecule is CC(C)[C@H](N)C(=O)NCC(=O)NCCCC(N)=O. The van der Waals surface area contributed by atoms with E-state index in [1.165, 1.54) is 0 Å². The number of amides is 3. The van der Waals surface area contributed by atoms with Gasteiger partial charge in [-0.2, -0.15) is 0 Å². The van der Waals surface area contributed by atoms with Crippen LogP contribution in [0.25, 0.3) is 0 Å². The van der Waals surface area contributed by atoms with Crippen LogP contribution in [0.1, 0.15) is 26.7 Å². The third-order valence-corrected chi connectivity index (χ3v) is 2.37. The molecule has 0 unspecified atom stereocenters. The molecule has 0 saturated heterocycles. The molecule has 0 aromatic carbocycles. The van der Waals surface area contributed by atoms with Crippen LogP contribution in [0.4, 0.5) is 0 Å². The van der Waals surface area contributed by atoms with Crippen LogP contribution in [-0.4, -0.2) is 36.9 Å². The van der Waals surface area contributed by atoms with E-state index in [9.17, 15) is 14.4 Å². The number of rotatable bonds is 8. The Kier molecular flexibility index (Phi) is 7.69. The van der Waals surface area contributed by atoms with Crippen molar-refractivity contribution in [1.29, 1.82) is 0 Å². The maximum atomic E-state index is 11.4. The van der Waals surface area contributed by atoms with E-state index in [0.29, 0.717) is 13.0 Å². The topological polar surface area (TPSA) is 127 Å². The Balaban J connectivity index is 3.70. The second kappa shape index (κ2) is 8.46. The fourth-order valence-electron chi connectivity index (χ4n) is 1.14. The molecule has 0 saturated carbocycles. The van der Waals surface area contributed by atoms with Crippen molar-refractivity contribution in [2.24, 2.45) is 17.4 Å². The molecule has 0 aliphatic rings. The standard InChI is InChI=1S/C11H22N4O3/c1-7(2)10(13)11(18)15-6-9(17)14-5-3-4-8(12)16/h7,10H,3-6,13H2,1-2H3,(H2,12,16)(H,14,17)(H,15,18)/t10-/m0/s1. The minimum absolute atomic E-state index is 0.0172. The van der Waals surface area contributed by atoms with Gasteiger partial charge in [0, 0.05) is 13.0 Å². The fourth-order valence-corrected chi connectivity index (χ4v) is 1.14. The zero-order chi connectivity index (χ0) is 14.1. The summed E-state index contributed by atoms with van der Waals surface area (Å²) in [5.74, 6) is -1.05. The summed E-state index contributed by atoms with van der Waals surface area (Å²) >= 11 is 0. The lowest BCUT2D eigenvalue weighted by molar-refractivity contribution is -0.127. The Morgan fingerprint density at radius 2 is 1.78 bits per heavy atom. The van der Waals surface area contributed by atoms with Crippen LogP contribution in [0.5, 0.6) is 0 Å². The number of nitrogens with one attached hydrogen (secondary N) is 2. The molecule has 0 rings (SSSR count). The summed E-state index contributed by atoms with van der Waals surface area (Å²) in [5, 5.41) is 5.00. The van der Waals surface area contributed by atoms with E-state index >= 15 is 0 Å². The first kappa shape index (κ1) is 16.4. The molecule has 18 heavy (non-hydrogen) atoms. The van der Waals surface area contributed by atoms with Crippen LogP contribution < -0.4 is 22.1 Å². The van der Waals surface area contributed by atoms with Gasteiger partial charge in [0.15, 0.2) is 0 Å².